The van der Waals surface area contributed by atoms with Crippen LogP contribution in [-0.2, 0) is 0 Å². The second-order valence-corrected chi connectivity index (χ2v) is 6.50. The third-order valence-electron chi connectivity index (χ3n) is 4.54. The summed E-state index contributed by atoms with van der Waals surface area (Å²) in [6.45, 7) is 5.51. The van der Waals surface area contributed by atoms with Crippen molar-refractivity contribution in [2.45, 2.75) is 26.2 Å². The van der Waals surface area contributed by atoms with E-state index in [1.807, 2.05) is 25.1 Å². The van der Waals surface area contributed by atoms with E-state index in [0.717, 1.165) is 28.9 Å². The number of fused-ring (bicyclic) bond motifs is 4. The summed E-state index contributed by atoms with van der Waals surface area (Å²) < 4.78 is 0. The fraction of sp³-hybridized carbons (Fsp3) is 0.562. The van der Waals surface area contributed by atoms with Crippen molar-refractivity contribution in [1.29, 1.82) is 0 Å². The average Bonchev–Trinajstić information content (AvgIpc) is 2.87. The van der Waals surface area contributed by atoms with E-state index in [1.165, 1.54) is 32.4 Å². The summed E-state index contributed by atoms with van der Waals surface area (Å²) in [5, 5.41) is 4.42. The van der Waals surface area contributed by atoms with Gasteiger partial charge in [0.1, 0.15) is 4.99 Å². The van der Waals surface area contributed by atoms with Crippen molar-refractivity contribution in [1.82, 2.24) is 15.3 Å². The number of hydrazone groups is 1. The van der Waals surface area contributed by atoms with Gasteiger partial charge in [-0.1, -0.05) is 18.3 Å². The van der Waals surface area contributed by atoms with Gasteiger partial charge in [0.2, 0.25) is 0 Å². The van der Waals surface area contributed by atoms with Gasteiger partial charge in [-0.15, -0.1) is 0 Å². The lowest BCUT2D eigenvalue weighted by atomic mass is 9.91. The van der Waals surface area contributed by atoms with Crippen molar-refractivity contribution in [2.24, 2.45) is 16.9 Å². The molecule has 0 radical (unpaired) electrons. The molecule has 5 heteroatoms. The van der Waals surface area contributed by atoms with Gasteiger partial charge in [0.25, 0.3) is 0 Å². The van der Waals surface area contributed by atoms with E-state index in [1.54, 1.807) is 6.20 Å². The molecular weight excluding hydrogens is 280 g/mol. The van der Waals surface area contributed by atoms with Gasteiger partial charge in [0, 0.05) is 18.7 Å². The maximum atomic E-state index is 5.57. The third kappa shape index (κ3) is 3.66. The van der Waals surface area contributed by atoms with Crippen LogP contribution in [0.25, 0.3) is 0 Å². The van der Waals surface area contributed by atoms with Crippen LogP contribution < -0.4 is 5.43 Å². The predicted molar refractivity (Wildman–Crippen MR) is 89.5 cm³/mol. The summed E-state index contributed by atoms with van der Waals surface area (Å²) >= 11 is 5.57. The number of nitrogens with one attached hydrogen (secondary N) is 1. The maximum Gasteiger partial charge on any atom is 0.100 e. The highest BCUT2D eigenvalue weighted by atomic mass is 32.1. The molecule has 0 spiro atoms. The van der Waals surface area contributed by atoms with Crippen LogP contribution in [0.3, 0.4) is 0 Å². The minimum absolute atomic E-state index is 0.440. The molecule has 4 rings (SSSR count). The van der Waals surface area contributed by atoms with Crippen LogP contribution in [0.2, 0.25) is 0 Å². The third-order valence-corrected chi connectivity index (χ3v) is 4.97. The Hall–Kier alpha value is -1.33. The van der Waals surface area contributed by atoms with Crippen LogP contribution in [0, 0.1) is 11.8 Å². The second-order valence-electron chi connectivity index (χ2n) is 6.06. The molecule has 3 saturated heterocycles. The maximum absolute atomic E-state index is 5.57. The highest BCUT2D eigenvalue weighted by Gasteiger charge is 2.31. The summed E-state index contributed by atoms with van der Waals surface area (Å²) in [4.78, 5) is 7.71. The monoisotopic (exact) mass is 302 g/mol. The van der Waals surface area contributed by atoms with E-state index in [2.05, 4.69) is 20.4 Å². The van der Waals surface area contributed by atoms with Gasteiger partial charge in [-0.05, 0) is 57.3 Å². The van der Waals surface area contributed by atoms with Gasteiger partial charge in [-0.2, -0.15) is 5.10 Å². The molecule has 1 aromatic heterocycles. The average molecular weight is 302 g/mol. The van der Waals surface area contributed by atoms with Crippen molar-refractivity contribution in [2.75, 3.05) is 19.6 Å². The molecule has 1 unspecified atom stereocenters. The smallest absolute Gasteiger partial charge is 0.100 e. The summed E-state index contributed by atoms with van der Waals surface area (Å²) in [5.74, 6) is 1.28. The highest BCUT2D eigenvalue weighted by molar-refractivity contribution is 7.80. The Morgan fingerprint density at radius 3 is 2.90 bits per heavy atom. The first-order valence-electron chi connectivity index (χ1n) is 7.70. The molecule has 0 aliphatic carbocycles. The summed E-state index contributed by atoms with van der Waals surface area (Å²) in [6, 6.07) is 5.84. The first kappa shape index (κ1) is 14.6. The first-order valence-corrected chi connectivity index (χ1v) is 8.11. The Morgan fingerprint density at radius 2 is 2.19 bits per heavy atom. The molecule has 0 aromatic carbocycles. The SMILES string of the molecule is CC(=NNC(=S)C1CC2CCN(CC2)C1)c1ccccn1. The summed E-state index contributed by atoms with van der Waals surface area (Å²) in [5.41, 5.74) is 4.86. The Bertz CT molecular complexity index is 506. The van der Waals surface area contributed by atoms with Gasteiger partial charge >= 0.3 is 0 Å². The van der Waals surface area contributed by atoms with Crippen LogP contribution in [-0.4, -0.2) is 40.2 Å². The van der Waals surface area contributed by atoms with E-state index < -0.39 is 0 Å². The van der Waals surface area contributed by atoms with Crippen molar-refractivity contribution < 1.29 is 0 Å². The molecule has 4 heterocycles. The molecular formula is C16H22N4S. The van der Waals surface area contributed by atoms with E-state index in [-0.39, 0.29) is 0 Å². The number of aromatic nitrogens is 1. The van der Waals surface area contributed by atoms with Crippen LogP contribution in [0.1, 0.15) is 31.9 Å². The van der Waals surface area contributed by atoms with E-state index >= 15 is 0 Å². The molecule has 0 saturated carbocycles. The van der Waals surface area contributed by atoms with E-state index in [9.17, 15) is 0 Å². The molecule has 1 atom stereocenters. The van der Waals surface area contributed by atoms with Gasteiger partial charge in [-0.25, -0.2) is 0 Å². The Morgan fingerprint density at radius 1 is 1.38 bits per heavy atom. The zero-order valence-electron chi connectivity index (χ0n) is 12.5. The zero-order chi connectivity index (χ0) is 14.7. The van der Waals surface area contributed by atoms with Crippen LogP contribution >= 0.6 is 12.2 Å². The van der Waals surface area contributed by atoms with Gasteiger partial charge < -0.3 is 4.90 Å². The second kappa shape index (κ2) is 6.62. The summed E-state index contributed by atoms with van der Waals surface area (Å²) in [6.07, 6.45) is 5.65. The van der Waals surface area contributed by atoms with Crippen molar-refractivity contribution in [3.63, 3.8) is 0 Å². The molecule has 2 bridgehead atoms. The standard InChI is InChI=1S/C16H22N4S/c1-12(15-4-2-3-7-17-15)18-19-16(21)14-10-13-5-8-20(11-14)9-6-13/h2-4,7,13-14H,5-6,8-11H2,1H3,(H,19,21). The summed E-state index contributed by atoms with van der Waals surface area (Å²) in [7, 11) is 0. The molecule has 112 valence electrons. The number of hydrogen-bond donors (Lipinski definition) is 1. The molecule has 0 amide bonds. The largest absolute Gasteiger partial charge is 0.303 e. The Labute approximate surface area is 131 Å². The van der Waals surface area contributed by atoms with Gasteiger partial charge in [-0.3, -0.25) is 10.4 Å². The van der Waals surface area contributed by atoms with Crippen molar-refractivity contribution in [3.05, 3.63) is 30.1 Å². The number of pyridine rings is 1. The molecule has 21 heavy (non-hydrogen) atoms. The number of thiocarbonyl (C=S) groups is 1. The van der Waals surface area contributed by atoms with Crippen molar-refractivity contribution >= 4 is 22.9 Å². The van der Waals surface area contributed by atoms with Crippen LogP contribution in [0.4, 0.5) is 0 Å². The zero-order valence-corrected chi connectivity index (χ0v) is 13.3. The van der Waals surface area contributed by atoms with E-state index in [0.29, 0.717) is 5.92 Å². The normalized spacial score (nSPS) is 29.0. The quantitative estimate of drug-likeness (QED) is 0.529. The highest BCUT2D eigenvalue weighted by Crippen LogP contribution is 2.30. The van der Waals surface area contributed by atoms with Crippen LogP contribution in [0.15, 0.2) is 29.5 Å². The lowest BCUT2D eigenvalue weighted by Crippen LogP contribution is -2.35. The molecule has 3 aliphatic rings. The molecule has 3 aliphatic heterocycles. The number of piperidine rings is 1. The molecule has 4 nitrogen and oxygen atoms in total. The fourth-order valence-corrected chi connectivity index (χ4v) is 3.46. The predicted octanol–water partition coefficient (Wildman–Crippen LogP) is 2.45. The van der Waals surface area contributed by atoms with E-state index in [4.69, 9.17) is 12.2 Å². The minimum atomic E-state index is 0.440. The molecule has 1 aromatic rings. The Balaban J connectivity index is 1.61. The Kier molecular flexibility index (Phi) is 4.60. The fourth-order valence-electron chi connectivity index (χ4n) is 3.25. The number of hydrogen-bond acceptors (Lipinski definition) is 4. The van der Waals surface area contributed by atoms with Crippen molar-refractivity contribution in [3.8, 4) is 0 Å². The minimum Gasteiger partial charge on any atom is -0.303 e. The van der Waals surface area contributed by atoms with Gasteiger partial charge in [0.05, 0.1) is 11.4 Å². The lowest BCUT2D eigenvalue weighted by molar-refractivity contribution is 0.222. The molecule has 1 N–H and O–H groups in total. The first-order chi connectivity index (χ1) is 10.2. The lowest BCUT2D eigenvalue weighted by Gasteiger charge is -2.26. The van der Waals surface area contributed by atoms with Crippen LogP contribution in [0.5, 0.6) is 0 Å². The number of rotatable bonds is 3. The van der Waals surface area contributed by atoms with Gasteiger partial charge in [0.15, 0.2) is 0 Å². The topological polar surface area (TPSA) is 40.5 Å². The number of nitrogens with zero attached hydrogens (tertiary/aromatic N) is 3. The molecule has 3 fully saturated rings.